The van der Waals surface area contributed by atoms with Crippen LogP contribution in [0.25, 0.3) is 0 Å². The maximum Gasteiger partial charge on any atom is 0.236 e. The number of imide groups is 1. The number of hydrogen-bond acceptors (Lipinski definition) is 4. The standard InChI is InChI=1S/C12H15NO3S/c1-3-17-6-12-5-4-7(16-12)8-9(12)11(15)13(2)10(8)14/h4-5,7-9H,3,6H2,1-2H3. The van der Waals surface area contributed by atoms with E-state index in [0.29, 0.717) is 0 Å². The Morgan fingerprint density at radius 2 is 2.24 bits per heavy atom. The van der Waals surface area contributed by atoms with Gasteiger partial charge < -0.3 is 4.74 Å². The van der Waals surface area contributed by atoms with Crippen molar-refractivity contribution >= 4 is 23.6 Å². The minimum Gasteiger partial charge on any atom is -0.361 e. The molecular weight excluding hydrogens is 238 g/mol. The third kappa shape index (κ3) is 1.29. The molecule has 4 unspecified atom stereocenters. The largest absolute Gasteiger partial charge is 0.361 e. The molecule has 4 atom stereocenters. The van der Waals surface area contributed by atoms with Crippen LogP contribution < -0.4 is 0 Å². The lowest BCUT2D eigenvalue weighted by molar-refractivity contribution is -0.142. The molecule has 3 rings (SSSR count). The van der Waals surface area contributed by atoms with E-state index in [1.165, 1.54) is 4.90 Å². The zero-order valence-corrected chi connectivity index (χ0v) is 10.7. The zero-order chi connectivity index (χ0) is 12.2. The number of rotatable bonds is 3. The molecule has 3 aliphatic rings. The minimum atomic E-state index is -0.534. The second-order valence-electron chi connectivity index (χ2n) is 4.77. The highest BCUT2D eigenvalue weighted by atomic mass is 32.2. The highest BCUT2D eigenvalue weighted by Gasteiger charge is 2.66. The van der Waals surface area contributed by atoms with E-state index in [-0.39, 0.29) is 29.8 Å². The van der Waals surface area contributed by atoms with E-state index < -0.39 is 5.60 Å². The Kier molecular flexibility index (Phi) is 2.38. The third-order valence-electron chi connectivity index (χ3n) is 3.91. The first-order valence-electron chi connectivity index (χ1n) is 5.87. The number of ether oxygens (including phenoxy) is 1. The average Bonchev–Trinajstić information content (AvgIpc) is 2.94. The van der Waals surface area contributed by atoms with Crippen molar-refractivity contribution in [2.24, 2.45) is 11.8 Å². The van der Waals surface area contributed by atoms with Crippen LogP contribution in [0.4, 0.5) is 0 Å². The number of carbonyl (C=O) groups excluding carboxylic acids is 2. The summed E-state index contributed by atoms with van der Waals surface area (Å²) in [4.78, 5) is 25.4. The van der Waals surface area contributed by atoms with Crippen LogP contribution in [0, 0.1) is 11.8 Å². The van der Waals surface area contributed by atoms with Gasteiger partial charge in [-0.2, -0.15) is 11.8 Å². The van der Waals surface area contributed by atoms with Crippen LogP contribution >= 0.6 is 11.8 Å². The molecule has 4 nitrogen and oxygen atoms in total. The SMILES string of the molecule is CCSCC12C=CC(O1)C1C(=O)N(C)C(=O)C12. The van der Waals surface area contributed by atoms with Crippen molar-refractivity contribution in [2.45, 2.75) is 18.6 Å². The van der Waals surface area contributed by atoms with E-state index in [9.17, 15) is 9.59 Å². The Morgan fingerprint density at radius 1 is 1.47 bits per heavy atom. The smallest absolute Gasteiger partial charge is 0.236 e. The Hall–Kier alpha value is -0.810. The van der Waals surface area contributed by atoms with Crippen molar-refractivity contribution < 1.29 is 14.3 Å². The molecule has 2 amide bonds. The number of amides is 2. The van der Waals surface area contributed by atoms with Gasteiger partial charge in [0.15, 0.2) is 0 Å². The Morgan fingerprint density at radius 3 is 2.94 bits per heavy atom. The molecule has 5 heteroatoms. The predicted octanol–water partition coefficient (Wildman–Crippen LogP) is 0.678. The van der Waals surface area contributed by atoms with E-state index in [0.717, 1.165) is 11.5 Å². The van der Waals surface area contributed by atoms with E-state index in [2.05, 4.69) is 6.92 Å². The van der Waals surface area contributed by atoms with Crippen molar-refractivity contribution in [2.75, 3.05) is 18.6 Å². The molecule has 2 saturated heterocycles. The minimum absolute atomic E-state index is 0.0800. The molecule has 0 aromatic carbocycles. The van der Waals surface area contributed by atoms with Gasteiger partial charge in [-0.15, -0.1) is 0 Å². The highest BCUT2D eigenvalue weighted by molar-refractivity contribution is 7.99. The van der Waals surface area contributed by atoms with Crippen molar-refractivity contribution in [1.29, 1.82) is 0 Å². The number of hydrogen-bond donors (Lipinski definition) is 0. The van der Waals surface area contributed by atoms with Gasteiger partial charge in [0.25, 0.3) is 0 Å². The maximum atomic E-state index is 12.1. The Bertz CT molecular complexity index is 422. The van der Waals surface area contributed by atoms with Crippen LogP contribution in [0.1, 0.15) is 6.92 Å². The van der Waals surface area contributed by atoms with Crippen LogP contribution in [-0.4, -0.2) is 47.0 Å². The van der Waals surface area contributed by atoms with Crippen LogP contribution in [-0.2, 0) is 14.3 Å². The molecule has 0 aromatic heterocycles. The van der Waals surface area contributed by atoms with Gasteiger partial charge in [0, 0.05) is 12.8 Å². The molecule has 2 bridgehead atoms. The van der Waals surface area contributed by atoms with Crippen LogP contribution in [0.2, 0.25) is 0 Å². The number of thioether (sulfide) groups is 1. The average molecular weight is 253 g/mol. The lowest BCUT2D eigenvalue weighted by atomic mass is 9.78. The molecule has 17 heavy (non-hydrogen) atoms. The fourth-order valence-corrected chi connectivity index (χ4v) is 3.94. The fourth-order valence-electron chi connectivity index (χ4n) is 3.07. The lowest BCUT2D eigenvalue weighted by Crippen LogP contribution is -2.41. The van der Waals surface area contributed by atoms with Gasteiger partial charge in [0.2, 0.25) is 11.8 Å². The summed E-state index contributed by atoms with van der Waals surface area (Å²) in [5.74, 6) is 0.994. The number of nitrogens with zero attached hydrogens (tertiary/aromatic N) is 1. The lowest BCUT2D eigenvalue weighted by Gasteiger charge is -2.27. The molecule has 92 valence electrons. The summed E-state index contributed by atoms with van der Waals surface area (Å²) in [5.41, 5.74) is -0.534. The Labute approximate surface area is 104 Å². The van der Waals surface area contributed by atoms with E-state index in [1.54, 1.807) is 18.8 Å². The van der Waals surface area contributed by atoms with E-state index >= 15 is 0 Å². The van der Waals surface area contributed by atoms with Crippen LogP contribution in [0.3, 0.4) is 0 Å². The second kappa shape index (κ2) is 3.59. The van der Waals surface area contributed by atoms with Crippen LogP contribution in [0.5, 0.6) is 0 Å². The molecular formula is C12H15NO3S. The molecule has 0 spiro atoms. The van der Waals surface area contributed by atoms with Gasteiger partial charge in [-0.25, -0.2) is 0 Å². The molecule has 0 N–H and O–H groups in total. The monoisotopic (exact) mass is 253 g/mol. The molecule has 0 radical (unpaired) electrons. The maximum absolute atomic E-state index is 12.1. The van der Waals surface area contributed by atoms with Gasteiger partial charge in [0.05, 0.1) is 17.9 Å². The summed E-state index contributed by atoms with van der Waals surface area (Å²) in [7, 11) is 1.57. The summed E-state index contributed by atoms with van der Waals surface area (Å²) >= 11 is 1.75. The van der Waals surface area contributed by atoms with Gasteiger partial charge in [-0.1, -0.05) is 19.1 Å². The first-order valence-corrected chi connectivity index (χ1v) is 7.02. The second-order valence-corrected chi connectivity index (χ2v) is 6.05. The van der Waals surface area contributed by atoms with Gasteiger partial charge >= 0.3 is 0 Å². The number of fused-ring (bicyclic) bond motifs is 5. The fraction of sp³-hybridized carbons (Fsp3) is 0.667. The van der Waals surface area contributed by atoms with Gasteiger partial charge in [-0.05, 0) is 5.75 Å². The zero-order valence-electron chi connectivity index (χ0n) is 9.88. The van der Waals surface area contributed by atoms with Crippen molar-refractivity contribution in [3.8, 4) is 0 Å². The van der Waals surface area contributed by atoms with Crippen molar-refractivity contribution in [3.63, 3.8) is 0 Å². The van der Waals surface area contributed by atoms with Crippen molar-refractivity contribution in [1.82, 2.24) is 4.90 Å². The molecule has 2 fully saturated rings. The van der Waals surface area contributed by atoms with Gasteiger partial charge in [-0.3, -0.25) is 14.5 Å². The first kappa shape index (κ1) is 11.3. The summed E-state index contributed by atoms with van der Waals surface area (Å²) in [5, 5.41) is 0. The quantitative estimate of drug-likeness (QED) is 0.548. The topological polar surface area (TPSA) is 46.6 Å². The summed E-state index contributed by atoms with van der Waals surface area (Å²) in [6, 6.07) is 0. The molecule has 3 aliphatic heterocycles. The van der Waals surface area contributed by atoms with Crippen LogP contribution in [0.15, 0.2) is 12.2 Å². The molecule has 0 aliphatic carbocycles. The third-order valence-corrected chi connectivity index (χ3v) is 4.97. The summed E-state index contributed by atoms with van der Waals surface area (Å²) < 4.78 is 5.92. The molecule has 3 heterocycles. The normalized spacial score (nSPS) is 42.7. The summed E-state index contributed by atoms with van der Waals surface area (Å²) in [6.07, 6.45) is 3.74. The summed E-state index contributed by atoms with van der Waals surface area (Å²) in [6.45, 7) is 2.08. The number of carbonyl (C=O) groups is 2. The number of likely N-dealkylation sites (tertiary alicyclic amines) is 1. The predicted molar refractivity (Wildman–Crippen MR) is 64.5 cm³/mol. The molecule has 0 aromatic rings. The molecule has 0 saturated carbocycles. The van der Waals surface area contributed by atoms with Crippen molar-refractivity contribution in [3.05, 3.63) is 12.2 Å². The first-order chi connectivity index (χ1) is 8.10. The Balaban J connectivity index is 1.96. The highest BCUT2D eigenvalue weighted by Crippen LogP contribution is 2.52. The van der Waals surface area contributed by atoms with E-state index in [1.807, 2.05) is 12.2 Å². The van der Waals surface area contributed by atoms with Gasteiger partial charge in [0.1, 0.15) is 5.60 Å². The van der Waals surface area contributed by atoms with E-state index in [4.69, 9.17) is 4.74 Å².